The Hall–Kier alpha value is -1.86. The summed E-state index contributed by atoms with van der Waals surface area (Å²) in [6, 6.07) is 4.19. The Balaban J connectivity index is 1.66. The van der Waals surface area contributed by atoms with Crippen LogP contribution < -0.4 is 5.32 Å². The van der Waals surface area contributed by atoms with Crippen LogP contribution in [0.3, 0.4) is 0 Å². The third kappa shape index (κ3) is 3.35. The fourth-order valence-corrected chi connectivity index (χ4v) is 5.39. The molecule has 2 aliphatic rings. The van der Waals surface area contributed by atoms with Crippen LogP contribution in [0.25, 0.3) is 10.2 Å². The molecule has 6 nitrogen and oxygen atoms in total. The standard InChI is InChI=1S/C21H29N3O3S/c1-21(20(26)22-15-7-5-3-4-6-8-15)14-23-16-9-12-28-18(16)13-17(23)19(25)24(21)10-11-27-2/h9,12-13,15H,3-8,10-11,14H2,1-2H3,(H,22,26)/t21-/m1/s1. The molecule has 3 heterocycles. The first-order chi connectivity index (χ1) is 13.5. The molecule has 0 spiro atoms. The molecule has 2 aromatic rings. The van der Waals surface area contributed by atoms with Gasteiger partial charge in [-0.15, -0.1) is 11.3 Å². The smallest absolute Gasteiger partial charge is 0.271 e. The van der Waals surface area contributed by atoms with Gasteiger partial charge in [0.25, 0.3) is 5.91 Å². The number of hydrogen-bond donors (Lipinski definition) is 1. The van der Waals surface area contributed by atoms with Crippen LogP contribution in [0.4, 0.5) is 0 Å². The van der Waals surface area contributed by atoms with Crippen molar-refractivity contribution in [1.29, 1.82) is 0 Å². The number of rotatable bonds is 5. The second kappa shape index (κ2) is 7.87. The van der Waals surface area contributed by atoms with E-state index in [1.54, 1.807) is 23.3 Å². The van der Waals surface area contributed by atoms with E-state index >= 15 is 0 Å². The number of methoxy groups -OCH3 is 1. The van der Waals surface area contributed by atoms with Crippen LogP contribution >= 0.6 is 11.3 Å². The van der Waals surface area contributed by atoms with E-state index in [0.29, 0.717) is 25.4 Å². The molecule has 2 aromatic heterocycles. The summed E-state index contributed by atoms with van der Waals surface area (Å²) in [6.07, 6.45) is 6.85. The molecule has 152 valence electrons. The van der Waals surface area contributed by atoms with Crippen molar-refractivity contribution in [1.82, 2.24) is 14.8 Å². The van der Waals surface area contributed by atoms with Crippen LogP contribution in [0, 0.1) is 0 Å². The summed E-state index contributed by atoms with van der Waals surface area (Å²) >= 11 is 1.62. The molecule has 4 rings (SSSR count). The first kappa shape index (κ1) is 19.5. The van der Waals surface area contributed by atoms with Gasteiger partial charge in [-0.2, -0.15) is 0 Å². The lowest BCUT2D eigenvalue weighted by molar-refractivity contribution is -0.134. The monoisotopic (exact) mass is 403 g/mol. The molecule has 0 bridgehead atoms. The minimum absolute atomic E-state index is 0.0495. The SMILES string of the molecule is COCCN1C(=O)c2cc3sccc3n2C[C@]1(C)C(=O)NC1CCCCCC1. The van der Waals surface area contributed by atoms with Gasteiger partial charge < -0.3 is 19.5 Å². The van der Waals surface area contributed by atoms with E-state index in [1.807, 2.05) is 29.0 Å². The van der Waals surface area contributed by atoms with Crippen LogP contribution in [0.15, 0.2) is 17.5 Å². The first-order valence-electron chi connectivity index (χ1n) is 10.2. The number of carbonyl (C=O) groups excluding carboxylic acids is 2. The van der Waals surface area contributed by atoms with E-state index in [4.69, 9.17) is 4.74 Å². The molecular weight excluding hydrogens is 374 g/mol. The van der Waals surface area contributed by atoms with E-state index in [9.17, 15) is 9.59 Å². The molecule has 28 heavy (non-hydrogen) atoms. The van der Waals surface area contributed by atoms with Gasteiger partial charge in [0.15, 0.2) is 0 Å². The molecule has 1 aliphatic heterocycles. The maximum Gasteiger partial charge on any atom is 0.271 e. The summed E-state index contributed by atoms with van der Waals surface area (Å²) in [4.78, 5) is 28.5. The Morgan fingerprint density at radius 2 is 2.07 bits per heavy atom. The predicted octanol–water partition coefficient (Wildman–Crippen LogP) is 3.40. The average Bonchev–Trinajstić information content (AvgIpc) is 3.16. The van der Waals surface area contributed by atoms with Crippen molar-refractivity contribution in [3.63, 3.8) is 0 Å². The lowest BCUT2D eigenvalue weighted by Gasteiger charge is -2.44. The number of amides is 2. The highest BCUT2D eigenvalue weighted by Crippen LogP contribution is 2.34. The largest absolute Gasteiger partial charge is 0.383 e. The first-order valence-corrected chi connectivity index (χ1v) is 11.1. The molecule has 0 saturated heterocycles. The van der Waals surface area contributed by atoms with Crippen LogP contribution in [0.5, 0.6) is 0 Å². The molecule has 1 saturated carbocycles. The number of carbonyl (C=O) groups is 2. The summed E-state index contributed by atoms with van der Waals surface area (Å²) in [5, 5.41) is 5.31. The van der Waals surface area contributed by atoms with Gasteiger partial charge in [-0.1, -0.05) is 25.7 Å². The molecule has 1 atom stereocenters. The van der Waals surface area contributed by atoms with E-state index in [0.717, 1.165) is 35.9 Å². The summed E-state index contributed by atoms with van der Waals surface area (Å²) in [5.74, 6) is -0.142. The van der Waals surface area contributed by atoms with Crippen LogP contribution in [0.2, 0.25) is 0 Å². The van der Waals surface area contributed by atoms with Crippen molar-refractivity contribution in [3.8, 4) is 0 Å². The van der Waals surface area contributed by atoms with Crippen molar-refractivity contribution in [2.24, 2.45) is 0 Å². The topological polar surface area (TPSA) is 63.6 Å². The average molecular weight is 404 g/mol. The Bertz CT molecular complexity index is 865. The summed E-state index contributed by atoms with van der Waals surface area (Å²) < 4.78 is 8.34. The van der Waals surface area contributed by atoms with Crippen molar-refractivity contribution < 1.29 is 14.3 Å². The fraction of sp³-hybridized carbons (Fsp3) is 0.619. The zero-order chi connectivity index (χ0) is 19.7. The summed E-state index contributed by atoms with van der Waals surface area (Å²) in [6.45, 7) is 3.18. The molecule has 0 radical (unpaired) electrons. The van der Waals surface area contributed by atoms with Gasteiger partial charge in [0.2, 0.25) is 5.91 Å². The second-order valence-electron chi connectivity index (χ2n) is 8.17. The van der Waals surface area contributed by atoms with Gasteiger partial charge in [0, 0.05) is 19.7 Å². The highest BCUT2D eigenvalue weighted by Gasteiger charge is 2.48. The van der Waals surface area contributed by atoms with Gasteiger partial charge in [0.1, 0.15) is 11.2 Å². The Kier molecular flexibility index (Phi) is 5.47. The van der Waals surface area contributed by atoms with Crippen molar-refractivity contribution >= 4 is 33.4 Å². The van der Waals surface area contributed by atoms with Crippen molar-refractivity contribution in [2.45, 2.75) is 63.6 Å². The molecule has 0 unspecified atom stereocenters. The van der Waals surface area contributed by atoms with E-state index < -0.39 is 5.54 Å². The number of thiophene rings is 1. The lowest BCUT2D eigenvalue weighted by Crippen LogP contribution is -2.65. The van der Waals surface area contributed by atoms with E-state index in [2.05, 4.69) is 5.32 Å². The van der Waals surface area contributed by atoms with Gasteiger partial charge in [-0.25, -0.2) is 0 Å². The normalized spacial score (nSPS) is 23.6. The predicted molar refractivity (Wildman–Crippen MR) is 111 cm³/mol. The Morgan fingerprint density at radius 1 is 1.32 bits per heavy atom. The Morgan fingerprint density at radius 3 is 2.79 bits per heavy atom. The van der Waals surface area contributed by atoms with Gasteiger partial charge in [-0.3, -0.25) is 9.59 Å². The maximum atomic E-state index is 13.5. The molecule has 1 N–H and O–H groups in total. The molecule has 0 aromatic carbocycles. The van der Waals surface area contributed by atoms with Gasteiger partial charge in [-0.05, 0) is 37.3 Å². The van der Waals surface area contributed by atoms with E-state index in [1.165, 1.54) is 12.8 Å². The number of fused-ring (bicyclic) bond motifs is 3. The summed E-state index contributed by atoms with van der Waals surface area (Å²) in [5.41, 5.74) is 0.772. The number of nitrogens with one attached hydrogen (secondary N) is 1. The minimum Gasteiger partial charge on any atom is -0.383 e. The van der Waals surface area contributed by atoms with Crippen molar-refractivity contribution in [3.05, 3.63) is 23.2 Å². The third-order valence-electron chi connectivity index (χ3n) is 6.25. The zero-order valence-electron chi connectivity index (χ0n) is 16.7. The fourth-order valence-electron chi connectivity index (χ4n) is 4.57. The molecule has 1 fully saturated rings. The summed E-state index contributed by atoms with van der Waals surface area (Å²) in [7, 11) is 1.62. The van der Waals surface area contributed by atoms with Crippen LogP contribution in [-0.2, 0) is 16.1 Å². The molecule has 1 aliphatic carbocycles. The molecular formula is C21H29N3O3S. The van der Waals surface area contributed by atoms with Crippen LogP contribution in [-0.4, -0.2) is 53.1 Å². The molecule has 7 heteroatoms. The quantitative estimate of drug-likeness (QED) is 0.778. The highest BCUT2D eigenvalue weighted by molar-refractivity contribution is 7.17. The maximum absolute atomic E-state index is 13.5. The number of hydrogen-bond acceptors (Lipinski definition) is 4. The number of nitrogens with zero attached hydrogens (tertiary/aromatic N) is 2. The van der Waals surface area contributed by atoms with Crippen LogP contribution in [0.1, 0.15) is 55.9 Å². The van der Waals surface area contributed by atoms with Crippen molar-refractivity contribution in [2.75, 3.05) is 20.3 Å². The van der Waals surface area contributed by atoms with E-state index in [-0.39, 0.29) is 17.9 Å². The third-order valence-corrected chi connectivity index (χ3v) is 7.10. The zero-order valence-corrected chi connectivity index (χ0v) is 17.5. The minimum atomic E-state index is -0.928. The highest BCUT2D eigenvalue weighted by atomic mass is 32.1. The van der Waals surface area contributed by atoms with Gasteiger partial charge >= 0.3 is 0 Å². The lowest BCUT2D eigenvalue weighted by atomic mass is 9.93. The number of ether oxygens (including phenoxy) is 1. The second-order valence-corrected chi connectivity index (χ2v) is 9.12. The van der Waals surface area contributed by atoms with Gasteiger partial charge in [0.05, 0.1) is 23.4 Å². The molecule has 2 amide bonds. The number of aromatic nitrogens is 1. The Labute approximate surface area is 169 Å².